The molecule has 0 radical (unpaired) electrons. The Morgan fingerprint density at radius 3 is 2.37 bits per heavy atom. The van der Waals surface area contributed by atoms with Gasteiger partial charge in [-0.2, -0.15) is 0 Å². The molecule has 1 aromatic carbocycles. The van der Waals surface area contributed by atoms with E-state index in [2.05, 4.69) is 43.1 Å². The zero-order valence-corrected chi connectivity index (χ0v) is 11.7. The van der Waals surface area contributed by atoms with Crippen LogP contribution in [0.3, 0.4) is 0 Å². The summed E-state index contributed by atoms with van der Waals surface area (Å²) in [6.45, 7) is 4.68. The van der Waals surface area contributed by atoms with Gasteiger partial charge < -0.3 is 10.2 Å². The van der Waals surface area contributed by atoms with Gasteiger partial charge in [0.1, 0.15) is 0 Å². The number of benzene rings is 1. The minimum Gasteiger partial charge on any atom is -0.472 e. The number of nitrogens with two attached hydrogens (primary N) is 1. The van der Waals surface area contributed by atoms with Gasteiger partial charge in [-0.05, 0) is 36.7 Å². The topological polar surface area (TPSA) is 42.4 Å². The zero-order valence-electron chi connectivity index (χ0n) is 11.7. The quantitative estimate of drug-likeness (QED) is 0.866. The van der Waals surface area contributed by atoms with Gasteiger partial charge in [0.15, 0.2) is 0 Å². The van der Waals surface area contributed by atoms with Crippen LogP contribution in [0.5, 0.6) is 0 Å². The molecule has 2 aromatic rings. The monoisotopic (exact) mass is 258 g/mol. The SMILES string of the molecule is CC(CN)c1ccc(CN(C)Cc2ccoc2)cc1. The third kappa shape index (κ3) is 3.94. The van der Waals surface area contributed by atoms with Crippen molar-refractivity contribution in [3.05, 3.63) is 59.5 Å². The first kappa shape index (κ1) is 13.8. The standard InChI is InChI=1S/C16H22N2O/c1-13(9-17)16-5-3-14(4-6-16)10-18(2)11-15-7-8-19-12-15/h3-8,12-13H,9-11,17H2,1-2H3. The molecule has 3 nitrogen and oxygen atoms in total. The first-order valence-electron chi connectivity index (χ1n) is 6.67. The fourth-order valence-electron chi connectivity index (χ4n) is 2.15. The molecule has 1 atom stereocenters. The molecule has 2 rings (SSSR count). The van der Waals surface area contributed by atoms with Gasteiger partial charge >= 0.3 is 0 Å². The molecule has 0 fully saturated rings. The zero-order chi connectivity index (χ0) is 13.7. The van der Waals surface area contributed by atoms with Crippen LogP contribution >= 0.6 is 0 Å². The molecule has 0 saturated carbocycles. The van der Waals surface area contributed by atoms with Crippen molar-refractivity contribution in [2.24, 2.45) is 5.73 Å². The number of hydrogen-bond donors (Lipinski definition) is 1. The normalized spacial score (nSPS) is 12.8. The summed E-state index contributed by atoms with van der Waals surface area (Å²) in [4.78, 5) is 2.27. The fraction of sp³-hybridized carbons (Fsp3) is 0.375. The molecule has 0 aliphatic carbocycles. The second-order valence-electron chi connectivity index (χ2n) is 5.18. The Morgan fingerprint density at radius 2 is 1.79 bits per heavy atom. The van der Waals surface area contributed by atoms with Crippen LogP contribution in [0.15, 0.2) is 47.3 Å². The molecule has 3 heteroatoms. The molecule has 0 bridgehead atoms. The largest absolute Gasteiger partial charge is 0.472 e. The lowest BCUT2D eigenvalue weighted by molar-refractivity contribution is 0.318. The van der Waals surface area contributed by atoms with Crippen LogP contribution in [0.25, 0.3) is 0 Å². The van der Waals surface area contributed by atoms with Crippen molar-refractivity contribution in [3.63, 3.8) is 0 Å². The van der Waals surface area contributed by atoms with E-state index >= 15 is 0 Å². The van der Waals surface area contributed by atoms with E-state index in [1.54, 1.807) is 12.5 Å². The number of rotatable bonds is 6. The highest BCUT2D eigenvalue weighted by atomic mass is 16.3. The number of furan rings is 1. The summed E-state index contributed by atoms with van der Waals surface area (Å²) in [5.74, 6) is 0.428. The maximum Gasteiger partial charge on any atom is 0.0947 e. The van der Waals surface area contributed by atoms with Gasteiger partial charge in [0, 0.05) is 18.7 Å². The average molecular weight is 258 g/mol. The van der Waals surface area contributed by atoms with Gasteiger partial charge in [0.2, 0.25) is 0 Å². The molecule has 0 aliphatic heterocycles. The molecule has 0 saturated heterocycles. The highest BCUT2D eigenvalue weighted by Gasteiger charge is 2.05. The van der Waals surface area contributed by atoms with Crippen LogP contribution in [-0.2, 0) is 13.1 Å². The van der Waals surface area contributed by atoms with Gasteiger partial charge in [0.05, 0.1) is 12.5 Å². The van der Waals surface area contributed by atoms with Crippen molar-refractivity contribution in [1.82, 2.24) is 4.90 Å². The van der Waals surface area contributed by atoms with Crippen molar-refractivity contribution in [3.8, 4) is 0 Å². The maximum absolute atomic E-state index is 5.68. The van der Waals surface area contributed by atoms with E-state index in [0.29, 0.717) is 12.5 Å². The van der Waals surface area contributed by atoms with E-state index < -0.39 is 0 Å². The number of nitrogens with zero attached hydrogens (tertiary/aromatic N) is 1. The van der Waals surface area contributed by atoms with Crippen molar-refractivity contribution in [2.45, 2.75) is 25.9 Å². The summed E-state index contributed by atoms with van der Waals surface area (Å²) in [5.41, 5.74) is 9.51. The Hall–Kier alpha value is -1.58. The lowest BCUT2D eigenvalue weighted by Crippen LogP contribution is -2.17. The van der Waals surface area contributed by atoms with E-state index in [-0.39, 0.29) is 0 Å². The highest BCUT2D eigenvalue weighted by molar-refractivity contribution is 5.25. The predicted octanol–water partition coefficient (Wildman–Crippen LogP) is 2.97. The molecule has 0 aliphatic rings. The minimum absolute atomic E-state index is 0.428. The van der Waals surface area contributed by atoms with Crippen LogP contribution in [0.4, 0.5) is 0 Å². The third-order valence-corrected chi connectivity index (χ3v) is 3.39. The fourth-order valence-corrected chi connectivity index (χ4v) is 2.15. The second kappa shape index (κ2) is 6.55. The first-order chi connectivity index (χ1) is 9.19. The number of hydrogen-bond acceptors (Lipinski definition) is 3. The Morgan fingerprint density at radius 1 is 1.11 bits per heavy atom. The summed E-state index contributed by atoms with van der Waals surface area (Å²) >= 11 is 0. The van der Waals surface area contributed by atoms with E-state index in [1.165, 1.54) is 16.7 Å². The highest BCUT2D eigenvalue weighted by Crippen LogP contribution is 2.15. The van der Waals surface area contributed by atoms with Crippen molar-refractivity contribution in [1.29, 1.82) is 0 Å². The van der Waals surface area contributed by atoms with Crippen LogP contribution < -0.4 is 5.73 Å². The van der Waals surface area contributed by atoms with E-state index in [9.17, 15) is 0 Å². The van der Waals surface area contributed by atoms with Gasteiger partial charge in [0.25, 0.3) is 0 Å². The van der Waals surface area contributed by atoms with Gasteiger partial charge in [-0.15, -0.1) is 0 Å². The molecule has 19 heavy (non-hydrogen) atoms. The molecule has 0 spiro atoms. The molecule has 1 heterocycles. The van der Waals surface area contributed by atoms with Crippen molar-refractivity contribution >= 4 is 0 Å². The minimum atomic E-state index is 0.428. The summed E-state index contributed by atoms with van der Waals surface area (Å²) in [6.07, 6.45) is 3.51. The Bertz CT molecular complexity index is 476. The smallest absolute Gasteiger partial charge is 0.0947 e. The molecule has 1 unspecified atom stereocenters. The van der Waals surface area contributed by atoms with Crippen LogP contribution in [0.2, 0.25) is 0 Å². The Balaban J connectivity index is 1.92. The second-order valence-corrected chi connectivity index (χ2v) is 5.18. The van der Waals surface area contributed by atoms with Gasteiger partial charge in [-0.3, -0.25) is 4.90 Å². The van der Waals surface area contributed by atoms with E-state index in [0.717, 1.165) is 13.1 Å². The van der Waals surface area contributed by atoms with Crippen molar-refractivity contribution < 1.29 is 4.42 Å². The Labute approximate surface area is 115 Å². The maximum atomic E-state index is 5.68. The Kier molecular flexibility index (Phi) is 4.77. The molecule has 2 N–H and O–H groups in total. The summed E-state index contributed by atoms with van der Waals surface area (Å²) in [5, 5.41) is 0. The van der Waals surface area contributed by atoms with E-state index in [4.69, 9.17) is 10.2 Å². The lowest BCUT2D eigenvalue weighted by atomic mass is 10.00. The molecule has 102 valence electrons. The lowest BCUT2D eigenvalue weighted by Gasteiger charge is -2.16. The van der Waals surface area contributed by atoms with E-state index in [1.807, 2.05) is 6.07 Å². The molecular weight excluding hydrogens is 236 g/mol. The van der Waals surface area contributed by atoms with Crippen LogP contribution in [-0.4, -0.2) is 18.5 Å². The predicted molar refractivity (Wildman–Crippen MR) is 77.8 cm³/mol. The van der Waals surface area contributed by atoms with Crippen molar-refractivity contribution in [2.75, 3.05) is 13.6 Å². The third-order valence-electron chi connectivity index (χ3n) is 3.39. The molecule has 0 amide bonds. The molecule has 1 aromatic heterocycles. The van der Waals surface area contributed by atoms with Crippen LogP contribution in [0.1, 0.15) is 29.5 Å². The first-order valence-corrected chi connectivity index (χ1v) is 6.67. The van der Waals surface area contributed by atoms with Crippen LogP contribution in [0, 0.1) is 0 Å². The average Bonchev–Trinajstić information content (AvgIpc) is 2.91. The summed E-state index contributed by atoms with van der Waals surface area (Å²) in [6, 6.07) is 10.7. The van der Waals surface area contributed by atoms with Gasteiger partial charge in [-0.1, -0.05) is 31.2 Å². The molecular formula is C16H22N2O. The van der Waals surface area contributed by atoms with Gasteiger partial charge in [-0.25, -0.2) is 0 Å². The summed E-state index contributed by atoms with van der Waals surface area (Å²) in [7, 11) is 2.11. The summed E-state index contributed by atoms with van der Waals surface area (Å²) < 4.78 is 5.08.